The van der Waals surface area contributed by atoms with Crippen LogP contribution in [-0.4, -0.2) is 36.7 Å². The molecule has 1 saturated heterocycles. The third-order valence-corrected chi connectivity index (χ3v) is 3.67. The highest BCUT2D eigenvalue weighted by Gasteiger charge is 2.33. The van der Waals surface area contributed by atoms with E-state index in [0.717, 1.165) is 24.1 Å². The van der Waals surface area contributed by atoms with Crippen molar-refractivity contribution in [1.29, 1.82) is 0 Å². The van der Waals surface area contributed by atoms with Gasteiger partial charge in [0.05, 0.1) is 19.1 Å². The second-order valence-corrected chi connectivity index (χ2v) is 5.22. The van der Waals surface area contributed by atoms with E-state index in [2.05, 4.69) is 22.5 Å². The molecule has 2 heterocycles. The maximum absolute atomic E-state index is 12.3. The van der Waals surface area contributed by atoms with Crippen molar-refractivity contribution in [3.8, 4) is 0 Å². The molecule has 2 unspecified atom stereocenters. The molecule has 2 N–H and O–H groups in total. The summed E-state index contributed by atoms with van der Waals surface area (Å²) >= 11 is 0. The van der Waals surface area contributed by atoms with Crippen molar-refractivity contribution in [2.75, 3.05) is 19.8 Å². The van der Waals surface area contributed by atoms with Crippen LogP contribution < -0.4 is 10.6 Å². The molecule has 20 heavy (non-hydrogen) atoms. The van der Waals surface area contributed by atoms with E-state index in [1.54, 1.807) is 12.4 Å². The first kappa shape index (κ1) is 14.9. The van der Waals surface area contributed by atoms with Gasteiger partial charge < -0.3 is 15.4 Å². The highest BCUT2D eigenvalue weighted by atomic mass is 16.5. The number of carbonyl (C=O) groups excluding carboxylic acids is 1. The van der Waals surface area contributed by atoms with E-state index >= 15 is 0 Å². The quantitative estimate of drug-likeness (QED) is 0.815. The summed E-state index contributed by atoms with van der Waals surface area (Å²) in [7, 11) is 0. The summed E-state index contributed by atoms with van der Waals surface area (Å²) in [4.78, 5) is 16.3. The van der Waals surface area contributed by atoms with Crippen LogP contribution in [0, 0.1) is 12.8 Å². The van der Waals surface area contributed by atoms with E-state index in [9.17, 15) is 4.79 Å². The molecule has 110 valence electrons. The third-order valence-electron chi connectivity index (χ3n) is 3.67. The van der Waals surface area contributed by atoms with Crippen LogP contribution in [0.4, 0.5) is 0 Å². The molecule has 0 aliphatic carbocycles. The van der Waals surface area contributed by atoms with Gasteiger partial charge in [-0.25, -0.2) is 0 Å². The minimum Gasteiger partial charge on any atom is -0.379 e. The highest BCUT2D eigenvalue weighted by Crippen LogP contribution is 2.14. The summed E-state index contributed by atoms with van der Waals surface area (Å²) in [5.41, 5.74) is 2.20. The molecule has 0 spiro atoms. The predicted octanol–water partition coefficient (Wildman–Crippen LogP) is 1.02. The summed E-state index contributed by atoms with van der Waals surface area (Å²) < 4.78 is 5.43. The maximum atomic E-state index is 12.3. The molecule has 0 bridgehead atoms. The maximum Gasteiger partial charge on any atom is 0.227 e. The van der Waals surface area contributed by atoms with E-state index in [1.165, 1.54) is 0 Å². The van der Waals surface area contributed by atoms with Crippen molar-refractivity contribution in [2.24, 2.45) is 5.92 Å². The fourth-order valence-corrected chi connectivity index (χ4v) is 2.34. The van der Waals surface area contributed by atoms with E-state index in [-0.39, 0.29) is 17.9 Å². The Hall–Kier alpha value is -1.46. The minimum absolute atomic E-state index is 0.0550. The van der Waals surface area contributed by atoms with Gasteiger partial charge in [0, 0.05) is 25.0 Å². The number of hydrogen-bond donors (Lipinski definition) is 2. The summed E-state index contributed by atoms with van der Waals surface area (Å²) in [5, 5.41) is 6.36. The Balaban J connectivity index is 1.86. The molecular weight excluding hydrogens is 254 g/mol. The number of pyridine rings is 1. The first-order valence-corrected chi connectivity index (χ1v) is 7.20. The lowest BCUT2D eigenvalue weighted by Gasteiger charge is -2.18. The Morgan fingerprint density at radius 3 is 3.10 bits per heavy atom. The highest BCUT2D eigenvalue weighted by molar-refractivity contribution is 5.79. The average Bonchev–Trinajstić information content (AvgIpc) is 2.92. The Morgan fingerprint density at radius 1 is 1.50 bits per heavy atom. The van der Waals surface area contributed by atoms with Crippen LogP contribution in [-0.2, 0) is 16.1 Å². The van der Waals surface area contributed by atoms with Crippen molar-refractivity contribution in [2.45, 2.75) is 32.9 Å². The summed E-state index contributed by atoms with van der Waals surface area (Å²) in [5.74, 6) is -0.0436. The second-order valence-electron chi connectivity index (χ2n) is 5.22. The molecule has 1 aliphatic heterocycles. The molecular formula is C15H23N3O2. The van der Waals surface area contributed by atoms with Gasteiger partial charge in [-0.2, -0.15) is 0 Å². The number of hydrogen-bond acceptors (Lipinski definition) is 4. The molecule has 0 aromatic carbocycles. The Labute approximate surface area is 120 Å². The van der Waals surface area contributed by atoms with Gasteiger partial charge in [-0.1, -0.05) is 6.92 Å². The van der Waals surface area contributed by atoms with Gasteiger partial charge in [-0.3, -0.25) is 9.78 Å². The van der Waals surface area contributed by atoms with E-state index in [4.69, 9.17) is 4.74 Å². The zero-order valence-electron chi connectivity index (χ0n) is 12.2. The summed E-state index contributed by atoms with van der Waals surface area (Å²) in [6.07, 6.45) is 4.61. The third kappa shape index (κ3) is 3.77. The molecule has 1 fully saturated rings. The van der Waals surface area contributed by atoms with E-state index in [1.807, 2.05) is 13.0 Å². The summed E-state index contributed by atoms with van der Waals surface area (Å²) in [6.45, 7) is 6.69. The molecule has 1 aliphatic rings. The number of aromatic nitrogens is 1. The normalized spacial score (nSPS) is 21.9. The molecule has 1 aromatic heterocycles. The number of aryl methyl sites for hydroxylation is 1. The molecule has 0 radical (unpaired) electrons. The van der Waals surface area contributed by atoms with Gasteiger partial charge in [0.15, 0.2) is 0 Å². The second kappa shape index (κ2) is 7.36. The standard InChI is InChI=1S/C15H23N3O2/c1-3-5-17-14-10-20-9-13(14)15(19)18-8-12-7-16-6-4-11(12)2/h4,6-7,13-14,17H,3,5,8-10H2,1-2H3,(H,18,19). The van der Waals surface area contributed by atoms with Crippen LogP contribution in [0.5, 0.6) is 0 Å². The molecule has 1 amide bonds. The van der Waals surface area contributed by atoms with Gasteiger partial charge in [0.25, 0.3) is 0 Å². The number of nitrogens with one attached hydrogen (secondary N) is 2. The SMILES string of the molecule is CCCNC1COCC1C(=O)NCc1cnccc1C. The number of rotatable bonds is 6. The first-order valence-electron chi connectivity index (χ1n) is 7.20. The topological polar surface area (TPSA) is 63.2 Å². The van der Waals surface area contributed by atoms with Crippen molar-refractivity contribution in [3.63, 3.8) is 0 Å². The predicted molar refractivity (Wildman–Crippen MR) is 77.2 cm³/mol. The van der Waals surface area contributed by atoms with Gasteiger partial charge in [-0.05, 0) is 37.1 Å². The Morgan fingerprint density at radius 2 is 2.35 bits per heavy atom. The van der Waals surface area contributed by atoms with Crippen LogP contribution in [0.25, 0.3) is 0 Å². The lowest BCUT2D eigenvalue weighted by Crippen LogP contribution is -2.44. The minimum atomic E-state index is -0.0986. The van der Waals surface area contributed by atoms with E-state index < -0.39 is 0 Å². The van der Waals surface area contributed by atoms with Gasteiger partial charge in [0.2, 0.25) is 5.91 Å². The number of carbonyl (C=O) groups is 1. The van der Waals surface area contributed by atoms with Crippen LogP contribution in [0.2, 0.25) is 0 Å². The number of nitrogens with zero attached hydrogens (tertiary/aromatic N) is 1. The van der Waals surface area contributed by atoms with Crippen LogP contribution in [0.1, 0.15) is 24.5 Å². The van der Waals surface area contributed by atoms with Gasteiger partial charge in [-0.15, -0.1) is 0 Å². The molecule has 0 saturated carbocycles. The van der Waals surface area contributed by atoms with E-state index in [0.29, 0.717) is 19.8 Å². The van der Waals surface area contributed by atoms with Crippen molar-refractivity contribution in [3.05, 3.63) is 29.6 Å². The van der Waals surface area contributed by atoms with Gasteiger partial charge in [0.1, 0.15) is 0 Å². The fourth-order valence-electron chi connectivity index (χ4n) is 2.34. The Bertz CT molecular complexity index is 450. The smallest absolute Gasteiger partial charge is 0.227 e. The molecule has 2 atom stereocenters. The largest absolute Gasteiger partial charge is 0.379 e. The molecule has 5 nitrogen and oxygen atoms in total. The number of ether oxygens (including phenoxy) is 1. The van der Waals surface area contributed by atoms with Crippen molar-refractivity contribution < 1.29 is 9.53 Å². The molecule has 5 heteroatoms. The lowest BCUT2D eigenvalue weighted by molar-refractivity contribution is -0.125. The lowest BCUT2D eigenvalue weighted by atomic mass is 10.0. The van der Waals surface area contributed by atoms with Gasteiger partial charge >= 0.3 is 0 Å². The fraction of sp³-hybridized carbons (Fsp3) is 0.600. The average molecular weight is 277 g/mol. The zero-order valence-corrected chi connectivity index (χ0v) is 12.2. The number of amides is 1. The van der Waals surface area contributed by atoms with Crippen LogP contribution in [0.3, 0.4) is 0 Å². The first-order chi connectivity index (χ1) is 9.72. The molecule has 2 rings (SSSR count). The molecule has 1 aromatic rings. The van der Waals surface area contributed by atoms with Crippen molar-refractivity contribution >= 4 is 5.91 Å². The monoisotopic (exact) mass is 277 g/mol. The zero-order chi connectivity index (χ0) is 14.4. The van der Waals surface area contributed by atoms with Crippen LogP contribution >= 0.6 is 0 Å². The van der Waals surface area contributed by atoms with Crippen LogP contribution in [0.15, 0.2) is 18.5 Å². The summed E-state index contributed by atoms with van der Waals surface area (Å²) in [6, 6.07) is 2.08. The van der Waals surface area contributed by atoms with Crippen molar-refractivity contribution in [1.82, 2.24) is 15.6 Å². The Kier molecular flexibility index (Phi) is 5.49.